The highest BCUT2D eigenvalue weighted by Gasteiger charge is 2.23. The molecule has 0 spiro atoms. The number of nitrogens with zero attached hydrogens (tertiary/aromatic N) is 3. The summed E-state index contributed by atoms with van der Waals surface area (Å²) < 4.78 is 10.9. The van der Waals surface area contributed by atoms with Crippen LogP contribution in [0, 0.1) is 0 Å². The quantitative estimate of drug-likeness (QED) is 0.342. The Kier molecular flexibility index (Phi) is 10.5. The van der Waals surface area contributed by atoms with Crippen molar-refractivity contribution < 1.29 is 18.7 Å². The largest absolute Gasteiger partial charge is 0.467 e. The highest BCUT2D eigenvalue weighted by Crippen LogP contribution is 2.25. The van der Waals surface area contributed by atoms with Gasteiger partial charge in [-0.2, -0.15) is 0 Å². The molecule has 2 aromatic carbocycles. The number of rotatable bonds is 11. The maximum Gasteiger partial charge on any atom is 0.322 e. The van der Waals surface area contributed by atoms with Gasteiger partial charge >= 0.3 is 6.03 Å². The van der Waals surface area contributed by atoms with Crippen LogP contribution in [0.15, 0.2) is 71.3 Å². The number of ether oxygens (including phenoxy) is 1. The molecule has 4 rings (SSSR count). The van der Waals surface area contributed by atoms with Gasteiger partial charge in [-0.3, -0.25) is 9.69 Å². The predicted molar refractivity (Wildman–Crippen MR) is 148 cm³/mol. The Balaban J connectivity index is 1.47. The topological polar surface area (TPSA) is 78.3 Å². The summed E-state index contributed by atoms with van der Waals surface area (Å²) in [6.07, 6.45) is 2.30. The van der Waals surface area contributed by atoms with Crippen molar-refractivity contribution in [3.8, 4) is 0 Å². The fourth-order valence-electron chi connectivity index (χ4n) is 4.24. The molecule has 0 unspecified atom stereocenters. The zero-order chi connectivity index (χ0) is 26.7. The summed E-state index contributed by atoms with van der Waals surface area (Å²) in [6.45, 7) is 4.95. The van der Waals surface area contributed by atoms with E-state index in [9.17, 15) is 9.59 Å². The molecule has 1 aromatic heterocycles. The maximum absolute atomic E-state index is 13.6. The summed E-state index contributed by atoms with van der Waals surface area (Å²) in [6, 6.07) is 17.8. The van der Waals surface area contributed by atoms with Crippen LogP contribution in [0.5, 0.6) is 0 Å². The second-order valence-electron chi connectivity index (χ2n) is 9.10. The van der Waals surface area contributed by atoms with Gasteiger partial charge in [0, 0.05) is 37.7 Å². The Labute approximate surface area is 233 Å². The van der Waals surface area contributed by atoms with Gasteiger partial charge in [-0.1, -0.05) is 53.5 Å². The molecule has 1 saturated heterocycles. The van der Waals surface area contributed by atoms with Crippen molar-refractivity contribution in [2.75, 3.05) is 51.3 Å². The fraction of sp³-hybridized carbons (Fsp3) is 0.357. The normalized spacial score (nSPS) is 13.7. The molecular weight excluding hydrogens is 527 g/mol. The van der Waals surface area contributed by atoms with Gasteiger partial charge in [0.05, 0.1) is 36.7 Å². The van der Waals surface area contributed by atoms with Gasteiger partial charge in [-0.05, 0) is 42.3 Å². The molecule has 8 nitrogen and oxygen atoms in total. The molecule has 3 aromatic rings. The molecule has 0 atom stereocenters. The van der Waals surface area contributed by atoms with Crippen molar-refractivity contribution in [1.29, 1.82) is 0 Å². The van der Waals surface area contributed by atoms with Crippen LogP contribution in [0.3, 0.4) is 0 Å². The molecule has 0 aliphatic carbocycles. The van der Waals surface area contributed by atoms with E-state index in [1.807, 2.05) is 36.4 Å². The van der Waals surface area contributed by atoms with Crippen molar-refractivity contribution in [2.24, 2.45) is 0 Å². The predicted octanol–water partition coefficient (Wildman–Crippen LogP) is 5.37. The number of nitrogens with one attached hydrogen (secondary N) is 1. The van der Waals surface area contributed by atoms with Crippen LogP contribution >= 0.6 is 23.2 Å². The van der Waals surface area contributed by atoms with Crippen LogP contribution in [0.1, 0.15) is 17.7 Å². The molecular formula is C28H32Cl2N4O4. The van der Waals surface area contributed by atoms with Crippen LogP contribution in [0.2, 0.25) is 10.0 Å². The first-order chi connectivity index (χ1) is 18.5. The maximum atomic E-state index is 13.6. The van der Waals surface area contributed by atoms with Gasteiger partial charge in [-0.15, -0.1) is 0 Å². The number of carbonyl (C=O) groups is 2. The number of hydrogen-bond donors (Lipinski definition) is 1. The van der Waals surface area contributed by atoms with E-state index in [4.69, 9.17) is 32.4 Å². The second kappa shape index (κ2) is 14.2. The number of amides is 3. The van der Waals surface area contributed by atoms with Crippen LogP contribution < -0.4 is 5.32 Å². The van der Waals surface area contributed by atoms with Gasteiger partial charge in [0.25, 0.3) is 0 Å². The third-order valence-electron chi connectivity index (χ3n) is 6.29. The number of carbonyl (C=O) groups excluding carboxylic acids is 2. The summed E-state index contributed by atoms with van der Waals surface area (Å²) in [5, 5.41) is 3.64. The molecule has 3 amide bonds. The Bertz CT molecular complexity index is 1170. The van der Waals surface area contributed by atoms with E-state index >= 15 is 0 Å². The van der Waals surface area contributed by atoms with Crippen molar-refractivity contribution in [2.45, 2.75) is 19.5 Å². The average molecular weight is 559 g/mol. The number of anilines is 1. The van der Waals surface area contributed by atoms with Crippen LogP contribution in [0.4, 0.5) is 10.5 Å². The molecule has 0 radical (unpaired) electrons. The smallest absolute Gasteiger partial charge is 0.322 e. The van der Waals surface area contributed by atoms with Crippen LogP contribution in [-0.2, 0) is 22.6 Å². The number of benzene rings is 2. The Morgan fingerprint density at radius 3 is 2.45 bits per heavy atom. The summed E-state index contributed by atoms with van der Waals surface area (Å²) in [5.41, 5.74) is 1.42. The van der Waals surface area contributed by atoms with Gasteiger partial charge in [0.15, 0.2) is 0 Å². The molecule has 202 valence electrons. The molecule has 1 aliphatic rings. The lowest BCUT2D eigenvalue weighted by atomic mass is 10.2. The van der Waals surface area contributed by atoms with E-state index < -0.39 is 6.03 Å². The van der Waals surface area contributed by atoms with Crippen molar-refractivity contribution >= 4 is 40.8 Å². The summed E-state index contributed by atoms with van der Waals surface area (Å²) in [4.78, 5) is 32.5. The Hall–Kier alpha value is -3.04. The molecule has 0 bridgehead atoms. The Morgan fingerprint density at radius 1 is 0.947 bits per heavy atom. The van der Waals surface area contributed by atoms with E-state index in [0.29, 0.717) is 60.8 Å². The molecule has 1 fully saturated rings. The van der Waals surface area contributed by atoms with Crippen LogP contribution in [0.25, 0.3) is 0 Å². The summed E-state index contributed by atoms with van der Waals surface area (Å²) in [7, 11) is 0. The van der Waals surface area contributed by atoms with Crippen molar-refractivity contribution in [3.63, 3.8) is 0 Å². The standard InChI is InChI=1S/C28H32Cl2N4O4/c29-23-9-10-26(25(30)18-23)31-28(36)33(12-5-11-32-13-16-37-17-14-32)21-27(35)34(20-24-8-4-15-38-24)19-22-6-2-1-3-7-22/h1-4,6-10,15,18H,5,11-14,16-17,19-21H2,(H,31,36). The fourth-order valence-corrected chi connectivity index (χ4v) is 4.69. The first-order valence-corrected chi connectivity index (χ1v) is 13.4. The summed E-state index contributed by atoms with van der Waals surface area (Å²) in [5.74, 6) is 0.486. The summed E-state index contributed by atoms with van der Waals surface area (Å²) >= 11 is 12.3. The van der Waals surface area contributed by atoms with E-state index in [1.54, 1.807) is 35.4 Å². The highest BCUT2D eigenvalue weighted by atomic mass is 35.5. The molecule has 38 heavy (non-hydrogen) atoms. The number of urea groups is 1. The second-order valence-corrected chi connectivity index (χ2v) is 9.94. The number of furan rings is 1. The first kappa shape index (κ1) is 28.0. The SMILES string of the molecule is O=C(CN(CCCN1CCOCC1)C(=O)Nc1ccc(Cl)cc1Cl)N(Cc1ccccc1)Cc1ccco1. The molecule has 10 heteroatoms. The average Bonchev–Trinajstić information content (AvgIpc) is 3.43. The lowest BCUT2D eigenvalue weighted by Crippen LogP contribution is -2.45. The minimum Gasteiger partial charge on any atom is -0.467 e. The van der Waals surface area contributed by atoms with Crippen LogP contribution in [-0.4, -0.2) is 72.6 Å². The van der Waals surface area contributed by atoms with E-state index in [1.165, 1.54) is 4.90 Å². The van der Waals surface area contributed by atoms with Gasteiger partial charge in [0.1, 0.15) is 12.3 Å². The number of halogens is 2. The number of hydrogen-bond acceptors (Lipinski definition) is 5. The van der Waals surface area contributed by atoms with Gasteiger partial charge in [0.2, 0.25) is 5.91 Å². The molecule has 1 aliphatic heterocycles. The zero-order valence-corrected chi connectivity index (χ0v) is 22.7. The third-order valence-corrected chi connectivity index (χ3v) is 6.84. The lowest BCUT2D eigenvalue weighted by Gasteiger charge is -2.30. The molecule has 2 heterocycles. The van der Waals surface area contributed by atoms with E-state index in [2.05, 4.69) is 10.2 Å². The van der Waals surface area contributed by atoms with Crippen molar-refractivity contribution in [1.82, 2.24) is 14.7 Å². The highest BCUT2D eigenvalue weighted by molar-refractivity contribution is 6.36. The van der Waals surface area contributed by atoms with Crippen molar-refractivity contribution in [3.05, 3.63) is 88.3 Å². The third kappa shape index (κ3) is 8.49. The minimum atomic E-state index is -0.401. The molecule has 1 N–H and O–H groups in total. The number of morpholine rings is 1. The van der Waals surface area contributed by atoms with Gasteiger partial charge < -0.3 is 24.3 Å². The van der Waals surface area contributed by atoms with E-state index in [0.717, 1.165) is 25.2 Å². The zero-order valence-electron chi connectivity index (χ0n) is 21.2. The van der Waals surface area contributed by atoms with Gasteiger partial charge in [-0.25, -0.2) is 4.79 Å². The lowest BCUT2D eigenvalue weighted by molar-refractivity contribution is -0.133. The monoisotopic (exact) mass is 558 g/mol. The Morgan fingerprint density at radius 2 is 1.74 bits per heavy atom. The first-order valence-electron chi connectivity index (χ1n) is 12.6. The molecule has 0 saturated carbocycles. The van der Waals surface area contributed by atoms with E-state index in [-0.39, 0.29) is 12.5 Å². The minimum absolute atomic E-state index is 0.0896.